The highest BCUT2D eigenvalue weighted by molar-refractivity contribution is 8.00. The molecule has 0 saturated carbocycles. The quantitative estimate of drug-likeness (QED) is 0.248. The van der Waals surface area contributed by atoms with E-state index in [2.05, 4.69) is 0 Å². The van der Waals surface area contributed by atoms with E-state index in [1.807, 2.05) is 0 Å². The molecule has 4 unspecified atom stereocenters. The van der Waals surface area contributed by atoms with Gasteiger partial charge < -0.3 is 20.7 Å². The number of hydrogen-bond acceptors (Lipinski definition) is 7. The minimum Gasteiger partial charge on any atom is -0.481 e. The topological polar surface area (TPSA) is 158 Å². The molecule has 0 amide bonds. The monoisotopic (exact) mass is 317 g/mol. The molecular weight excluding hydrogens is 298 g/mol. The number of hydrogen-bond donors (Lipinski definition) is 5. The number of nitrogens with two attached hydrogens (primary N) is 1. The first kappa shape index (κ1) is 17.4. The van der Waals surface area contributed by atoms with Crippen LogP contribution in [0.3, 0.4) is 0 Å². The fourth-order valence-electron chi connectivity index (χ4n) is 2.07. The molecular formula is C12H19N3O5S. The number of cyclic esters (lactones) is 1. The zero-order valence-electron chi connectivity index (χ0n) is 11.5. The Morgan fingerprint density at radius 1 is 1.62 bits per heavy atom. The van der Waals surface area contributed by atoms with Crippen molar-refractivity contribution in [2.24, 2.45) is 11.7 Å². The van der Waals surface area contributed by atoms with E-state index in [9.17, 15) is 14.7 Å². The van der Waals surface area contributed by atoms with Gasteiger partial charge in [0.15, 0.2) is 0 Å². The molecule has 0 aliphatic carbocycles. The lowest BCUT2D eigenvalue weighted by Gasteiger charge is -2.33. The van der Waals surface area contributed by atoms with Gasteiger partial charge in [0, 0.05) is 18.6 Å². The van der Waals surface area contributed by atoms with Crippen LogP contribution >= 0.6 is 11.8 Å². The van der Waals surface area contributed by atoms with Crippen LogP contribution in [0.5, 0.6) is 0 Å². The predicted molar refractivity (Wildman–Crippen MR) is 77.8 cm³/mol. The minimum absolute atomic E-state index is 0.0105. The molecule has 1 rings (SSSR count). The third-order valence-electron chi connectivity index (χ3n) is 3.14. The summed E-state index contributed by atoms with van der Waals surface area (Å²) in [5.74, 6) is -2.87. The molecule has 0 aromatic heterocycles. The summed E-state index contributed by atoms with van der Waals surface area (Å²) in [7, 11) is 0. The average Bonchev–Trinajstić information content (AvgIpc) is 2.33. The van der Waals surface area contributed by atoms with Crippen LogP contribution in [0.4, 0.5) is 0 Å². The van der Waals surface area contributed by atoms with Gasteiger partial charge in [0.05, 0.1) is 17.2 Å². The number of nitrogens with one attached hydrogen (secondary N) is 2. The Balaban J connectivity index is 2.76. The Bertz CT molecular complexity index is 454. The van der Waals surface area contributed by atoms with Crippen molar-refractivity contribution < 1.29 is 24.5 Å². The predicted octanol–water partition coefficient (Wildman–Crippen LogP) is -0.169. The number of amidine groups is 1. The highest BCUT2D eigenvalue weighted by Crippen LogP contribution is 2.29. The van der Waals surface area contributed by atoms with E-state index in [1.54, 1.807) is 0 Å². The third kappa shape index (κ3) is 4.71. The van der Waals surface area contributed by atoms with Gasteiger partial charge in [-0.3, -0.25) is 15.6 Å². The van der Waals surface area contributed by atoms with E-state index < -0.39 is 35.3 Å². The molecule has 6 N–H and O–H groups in total. The molecule has 0 spiro atoms. The van der Waals surface area contributed by atoms with Crippen molar-refractivity contribution in [1.29, 1.82) is 10.8 Å². The molecule has 1 heterocycles. The highest BCUT2D eigenvalue weighted by atomic mass is 32.2. The number of carboxylic acids is 1. The zero-order valence-corrected chi connectivity index (χ0v) is 12.4. The van der Waals surface area contributed by atoms with Gasteiger partial charge in [-0.15, -0.1) is 0 Å². The lowest BCUT2D eigenvalue weighted by atomic mass is 9.91. The Labute approximate surface area is 126 Å². The van der Waals surface area contributed by atoms with E-state index in [1.165, 1.54) is 18.7 Å². The average molecular weight is 317 g/mol. The number of aliphatic carboxylic acids is 1. The van der Waals surface area contributed by atoms with Crippen LogP contribution in [0.15, 0.2) is 0 Å². The fourth-order valence-corrected chi connectivity index (χ4v) is 3.28. The third-order valence-corrected chi connectivity index (χ3v) is 4.41. The lowest BCUT2D eigenvalue weighted by molar-refractivity contribution is -0.161. The Kier molecular flexibility index (Phi) is 6.16. The molecule has 4 atom stereocenters. The smallest absolute Gasteiger partial charge is 0.353 e. The molecule has 118 valence electrons. The van der Waals surface area contributed by atoms with Crippen molar-refractivity contribution in [2.45, 2.75) is 37.2 Å². The zero-order chi connectivity index (χ0) is 16.2. The van der Waals surface area contributed by atoms with Crippen molar-refractivity contribution in [3.8, 4) is 0 Å². The van der Waals surface area contributed by atoms with Crippen LogP contribution in [0.25, 0.3) is 0 Å². The molecule has 1 aliphatic heterocycles. The summed E-state index contributed by atoms with van der Waals surface area (Å²) in [5, 5.41) is 33.0. The molecule has 0 radical (unpaired) electrons. The van der Waals surface area contributed by atoms with E-state index in [0.717, 1.165) is 0 Å². The van der Waals surface area contributed by atoms with Gasteiger partial charge in [0.25, 0.3) is 0 Å². The maximum absolute atomic E-state index is 11.7. The molecule has 8 nitrogen and oxygen atoms in total. The maximum atomic E-state index is 11.7. The van der Waals surface area contributed by atoms with E-state index in [0.29, 0.717) is 12.2 Å². The van der Waals surface area contributed by atoms with Gasteiger partial charge in [-0.2, -0.15) is 11.8 Å². The van der Waals surface area contributed by atoms with Crippen LogP contribution in [-0.4, -0.2) is 56.9 Å². The summed E-state index contributed by atoms with van der Waals surface area (Å²) in [6, 6.07) is 0. The van der Waals surface area contributed by atoms with Crippen LogP contribution in [0.1, 0.15) is 19.8 Å². The Morgan fingerprint density at radius 2 is 2.24 bits per heavy atom. The van der Waals surface area contributed by atoms with E-state index in [-0.39, 0.29) is 18.0 Å². The Morgan fingerprint density at radius 3 is 2.71 bits per heavy atom. The van der Waals surface area contributed by atoms with Crippen molar-refractivity contribution in [3.05, 3.63) is 0 Å². The number of aliphatic hydroxyl groups is 1. The number of carbonyl (C=O) groups is 2. The first-order valence-corrected chi connectivity index (χ1v) is 7.43. The molecule has 0 bridgehead atoms. The molecule has 0 aromatic rings. The molecule has 21 heavy (non-hydrogen) atoms. The number of carbonyl (C=O) groups excluding carboxylic acids is 1. The molecule has 0 aromatic carbocycles. The molecule has 1 aliphatic rings. The minimum atomic E-state index is -1.25. The standard InChI is InChI=1S/C12H19N3O5S/c1-5(16)9(11(17)18)6-4-7(10(15)12(19)20-6)21-3-2-8(13)14/h5-7,9,15-16H,2-4H2,1H3,(H3,13,14)(H,17,18). The normalized spacial score (nSPS) is 25.0. The molecule has 9 heteroatoms. The molecule has 1 saturated heterocycles. The SMILES string of the molecule is CC(O)C(C(=O)O)C1CC(SCCC(=N)N)C(=N)C(=O)O1. The number of rotatable bonds is 7. The number of carboxylic acid groups (broad SMARTS) is 1. The number of esters is 1. The Hall–Kier alpha value is -1.61. The van der Waals surface area contributed by atoms with Gasteiger partial charge >= 0.3 is 11.9 Å². The second kappa shape index (κ2) is 7.41. The van der Waals surface area contributed by atoms with Crippen LogP contribution < -0.4 is 5.73 Å². The number of aliphatic hydroxyl groups excluding tert-OH is 1. The van der Waals surface area contributed by atoms with Crippen molar-refractivity contribution >= 4 is 35.2 Å². The fraction of sp³-hybridized carbons (Fsp3) is 0.667. The second-order valence-electron chi connectivity index (χ2n) is 4.83. The first-order chi connectivity index (χ1) is 9.73. The summed E-state index contributed by atoms with van der Waals surface area (Å²) in [5.41, 5.74) is 5.01. The number of thioether (sulfide) groups is 1. The van der Waals surface area contributed by atoms with Gasteiger partial charge in [0.1, 0.15) is 17.7 Å². The molecule has 1 fully saturated rings. The lowest BCUT2D eigenvalue weighted by Crippen LogP contribution is -2.48. The van der Waals surface area contributed by atoms with Crippen LogP contribution in [0, 0.1) is 16.7 Å². The van der Waals surface area contributed by atoms with Crippen molar-refractivity contribution in [2.75, 3.05) is 5.75 Å². The van der Waals surface area contributed by atoms with Crippen LogP contribution in [-0.2, 0) is 14.3 Å². The van der Waals surface area contributed by atoms with Crippen molar-refractivity contribution in [3.63, 3.8) is 0 Å². The first-order valence-electron chi connectivity index (χ1n) is 6.38. The summed E-state index contributed by atoms with van der Waals surface area (Å²) in [6.45, 7) is 1.32. The van der Waals surface area contributed by atoms with Crippen molar-refractivity contribution in [1.82, 2.24) is 0 Å². The number of ether oxygens (including phenoxy) is 1. The van der Waals surface area contributed by atoms with E-state index in [4.69, 9.17) is 26.4 Å². The van der Waals surface area contributed by atoms with Gasteiger partial charge in [-0.1, -0.05) is 0 Å². The largest absolute Gasteiger partial charge is 0.481 e. The van der Waals surface area contributed by atoms with E-state index >= 15 is 0 Å². The van der Waals surface area contributed by atoms with Gasteiger partial charge in [-0.05, 0) is 6.92 Å². The van der Waals surface area contributed by atoms with Crippen LogP contribution in [0.2, 0.25) is 0 Å². The highest BCUT2D eigenvalue weighted by Gasteiger charge is 2.42. The summed E-state index contributed by atoms with van der Waals surface area (Å²) < 4.78 is 4.96. The summed E-state index contributed by atoms with van der Waals surface area (Å²) in [4.78, 5) is 22.8. The maximum Gasteiger partial charge on any atom is 0.353 e. The summed E-state index contributed by atoms with van der Waals surface area (Å²) in [6.07, 6.45) is -1.67. The van der Waals surface area contributed by atoms with Gasteiger partial charge in [0.2, 0.25) is 0 Å². The summed E-state index contributed by atoms with van der Waals surface area (Å²) >= 11 is 1.26. The second-order valence-corrected chi connectivity index (χ2v) is 6.14. The van der Waals surface area contributed by atoms with Gasteiger partial charge in [-0.25, -0.2) is 4.79 Å².